The fraction of sp³-hybridized carbons (Fsp3) is 1.00. The van der Waals surface area contributed by atoms with Crippen molar-refractivity contribution in [2.45, 2.75) is 39.2 Å². The molecule has 1 rings (SSSR count). The highest BCUT2D eigenvalue weighted by Gasteiger charge is 2.29. The predicted molar refractivity (Wildman–Crippen MR) is 70.0 cm³/mol. The Morgan fingerprint density at radius 2 is 2.12 bits per heavy atom. The van der Waals surface area contributed by atoms with Gasteiger partial charge in [-0.1, -0.05) is 13.8 Å². The van der Waals surface area contributed by atoms with Crippen LogP contribution in [0.4, 0.5) is 0 Å². The lowest BCUT2D eigenvalue weighted by Crippen LogP contribution is -2.42. The van der Waals surface area contributed by atoms with Crippen LogP contribution in [0.25, 0.3) is 0 Å². The van der Waals surface area contributed by atoms with Gasteiger partial charge < -0.3 is 10.1 Å². The SMILES string of the molecule is CCCNC(CS(=O)(=O)CCC)C1CCOC1. The van der Waals surface area contributed by atoms with Crippen LogP contribution in [0.1, 0.15) is 33.1 Å². The average Bonchev–Trinajstić information content (AvgIpc) is 2.77. The van der Waals surface area contributed by atoms with Gasteiger partial charge in [0, 0.05) is 24.3 Å². The van der Waals surface area contributed by atoms with Crippen molar-refractivity contribution < 1.29 is 13.2 Å². The van der Waals surface area contributed by atoms with E-state index >= 15 is 0 Å². The van der Waals surface area contributed by atoms with Gasteiger partial charge in [-0.25, -0.2) is 8.42 Å². The molecule has 0 aliphatic carbocycles. The van der Waals surface area contributed by atoms with E-state index in [-0.39, 0.29) is 11.8 Å². The molecule has 17 heavy (non-hydrogen) atoms. The summed E-state index contributed by atoms with van der Waals surface area (Å²) in [5.41, 5.74) is 0. The highest BCUT2D eigenvalue weighted by atomic mass is 32.2. The van der Waals surface area contributed by atoms with Crippen molar-refractivity contribution >= 4 is 9.84 Å². The summed E-state index contributed by atoms with van der Waals surface area (Å²) < 4.78 is 29.1. The van der Waals surface area contributed by atoms with Crippen LogP contribution in [0.5, 0.6) is 0 Å². The lowest BCUT2D eigenvalue weighted by Gasteiger charge is -2.23. The van der Waals surface area contributed by atoms with Crippen LogP contribution in [0.15, 0.2) is 0 Å². The van der Waals surface area contributed by atoms with E-state index in [9.17, 15) is 8.42 Å². The fourth-order valence-electron chi connectivity index (χ4n) is 2.23. The first kappa shape index (κ1) is 14.9. The number of rotatable bonds is 8. The molecule has 0 aromatic carbocycles. The summed E-state index contributed by atoms with van der Waals surface area (Å²) >= 11 is 0. The minimum atomic E-state index is -2.92. The van der Waals surface area contributed by atoms with Crippen LogP contribution in [0, 0.1) is 5.92 Å². The molecule has 102 valence electrons. The maximum atomic E-state index is 11.9. The van der Waals surface area contributed by atoms with Gasteiger partial charge in [-0.3, -0.25) is 0 Å². The van der Waals surface area contributed by atoms with Gasteiger partial charge in [0.25, 0.3) is 0 Å². The minimum absolute atomic E-state index is 0.0639. The van der Waals surface area contributed by atoms with E-state index in [1.54, 1.807) is 0 Å². The molecule has 4 nitrogen and oxygen atoms in total. The first-order valence-electron chi connectivity index (χ1n) is 6.60. The second-order valence-electron chi connectivity index (χ2n) is 4.80. The van der Waals surface area contributed by atoms with Crippen molar-refractivity contribution in [3.8, 4) is 0 Å². The molecule has 0 saturated carbocycles. The number of hydrogen-bond donors (Lipinski definition) is 1. The van der Waals surface area contributed by atoms with Crippen LogP contribution in [-0.2, 0) is 14.6 Å². The Morgan fingerprint density at radius 3 is 2.65 bits per heavy atom. The molecule has 1 heterocycles. The molecular weight excluding hydrogens is 238 g/mol. The molecule has 5 heteroatoms. The van der Waals surface area contributed by atoms with Crippen LogP contribution in [0.2, 0.25) is 0 Å². The highest BCUT2D eigenvalue weighted by molar-refractivity contribution is 7.91. The maximum absolute atomic E-state index is 11.9. The van der Waals surface area contributed by atoms with Crippen molar-refractivity contribution in [1.29, 1.82) is 0 Å². The Balaban J connectivity index is 2.56. The van der Waals surface area contributed by atoms with E-state index in [2.05, 4.69) is 12.2 Å². The molecule has 2 atom stereocenters. The molecule has 0 aromatic rings. The Kier molecular flexibility index (Phi) is 6.44. The first-order valence-corrected chi connectivity index (χ1v) is 8.42. The van der Waals surface area contributed by atoms with Crippen LogP contribution in [-0.4, -0.2) is 45.7 Å². The lowest BCUT2D eigenvalue weighted by molar-refractivity contribution is 0.178. The molecule has 1 aliphatic heterocycles. The summed E-state index contributed by atoms with van der Waals surface area (Å²) in [6, 6.07) is 0.0639. The second kappa shape index (κ2) is 7.34. The van der Waals surface area contributed by atoms with E-state index in [0.717, 1.165) is 26.0 Å². The summed E-state index contributed by atoms with van der Waals surface area (Å²) in [6.45, 7) is 6.34. The van der Waals surface area contributed by atoms with E-state index in [0.29, 0.717) is 24.7 Å². The Bertz CT molecular complexity index is 297. The zero-order chi connectivity index (χ0) is 12.7. The quantitative estimate of drug-likeness (QED) is 0.715. The van der Waals surface area contributed by atoms with E-state index < -0.39 is 9.84 Å². The number of hydrogen-bond acceptors (Lipinski definition) is 4. The highest BCUT2D eigenvalue weighted by Crippen LogP contribution is 2.18. The zero-order valence-electron chi connectivity index (χ0n) is 10.9. The van der Waals surface area contributed by atoms with Gasteiger partial charge in [0.1, 0.15) is 0 Å². The molecule has 2 unspecified atom stereocenters. The van der Waals surface area contributed by atoms with Crippen LogP contribution < -0.4 is 5.32 Å². The third kappa shape index (κ3) is 5.36. The van der Waals surface area contributed by atoms with Gasteiger partial charge >= 0.3 is 0 Å². The number of sulfone groups is 1. The molecule has 0 radical (unpaired) electrons. The number of nitrogens with one attached hydrogen (secondary N) is 1. The molecular formula is C12H25NO3S. The summed E-state index contributed by atoms with van der Waals surface area (Å²) in [5, 5.41) is 3.37. The monoisotopic (exact) mass is 263 g/mol. The third-order valence-corrected chi connectivity index (χ3v) is 5.04. The van der Waals surface area contributed by atoms with Gasteiger partial charge in [-0.05, 0) is 25.8 Å². The van der Waals surface area contributed by atoms with Gasteiger partial charge in [0.15, 0.2) is 9.84 Å². The van der Waals surface area contributed by atoms with Gasteiger partial charge in [0.2, 0.25) is 0 Å². The average molecular weight is 263 g/mol. The standard InChI is InChI=1S/C12H25NO3S/c1-3-6-13-12(11-5-7-16-9-11)10-17(14,15)8-4-2/h11-13H,3-10H2,1-2H3. The van der Waals surface area contributed by atoms with Crippen LogP contribution in [0.3, 0.4) is 0 Å². The van der Waals surface area contributed by atoms with Crippen molar-refractivity contribution in [2.24, 2.45) is 5.92 Å². The lowest BCUT2D eigenvalue weighted by atomic mass is 10.0. The van der Waals surface area contributed by atoms with Crippen molar-refractivity contribution in [3.63, 3.8) is 0 Å². The van der Waals surface area contributed by atoms with Crippen molar-refractivity contribution in [1.82, 2.24) is 5.32 Å². The fourth-order valence-corrected chi connectivity index (χ4v) is 3.96. The number of ether oxygens (including phenoxy) is 1. The van der Waals surface area contributed by atoms with Gasteiger partial charge in [-0.2, -0.15) is 0 Å². The molecule has 0 spiro atoms. The zero-order valence-corrected chi connectivity index (χ0v) is 11.8. The van der Waals surface area contributed by atoms with Crippen LogP contribution >= 0.6 is 0 Å². The summed E-state index contributed by atoms with van der Waals surface area (Å²) in [7, 11) is -2.92. The Labute approximate surface area is 105 Å². The molecule has 1 aliphatic rings. The largest absolute Gasteiger partial charge is 0.381 e. The maximum Gasteiger partial charge on any atom is 0.151 e. The predicted octanol–water partition coefficient (Wildman–Crippen LogP) is 1.22. The van der Waals surface area contributed by atoms with E-state index in [1.807, 2.05) is 6.92 Å². The Hall–Kier alpha value is -0.130. The van der Waals surface area contributed by atoms with Crippen molar-refractivity contribution in [3.05, 3.63) is 0 Å². The third-order valence-electron chi connectivity index (χ3n) is 3.14. The summed E-state index contributed by atoms with van der Waals surface area (Å²) in [6.07, 6.45) is 2.70. The van der Waals surface area contributed by atoms with E-state index in [1.165, 1.54) is 0 Å². The molecule has 0 bridgehead atoms. The minimum Gasteiger partial charge on any atom is -0.381 e. The summed E-state index contributed by atoms with van der Waals surface area (Å²) in [4.78, 5) is 0. The summed E-state index contributed by atoms with van der Waals surface area (Å²) in [5.74, 6) is 0.910. The first-order chi connectivity index (χ1) is 8.09. The second-order valence-corrected chi connectivity index (χ2v) is 7.03. The molecule has 0 aromatic heterocycles. The topological polar surface area (TPSA) is 55.4 Å². The van der Waals surface area contributed by atoms with Gasteiger partial charge in [0.05, 0.1) is 12.4 Å². The molecule has 1 fully saturated rings. The molecule has 1 N–H and O–H groups in total. The smallest absolute Gasteiger partial charge is 0.151 e. The van der Waals surface area contributed by atoms with Crippen molar-refractivity contribution in [2.75, 3.05) is 31.3 Å². The molecule has 0 amide bonds. The van der Waals surface area contributed by atoms with E-state index in [4.69, 9.17) is 4.74 Å². The molecule has 1 saturated heterocycles. The normalized spacial score (nSPS) is 22.8. The van der Waals surface area contributed by atoms with Gasteiger partial charge in [-0.15, -0.1) is 0 Å². The Morgan fingerprint density at radius 1 is 1.35 bits per heavy atom.